The molecule has 0 saturated carbocycles. The predicted octanol–water partition coefficient (Wildman–Crippen LogP) is 1.90. The second-order valence-electron chi connectivity index (χ2n) is 6.72. The highest BCUT2D eigenvalue weighted by Crippen LogP contribution is 2.34. The highest BCUT2D eigenvalue weighted by atomic mass is 19.4. The molecule has 7 nitrogen and oxygen atoms in total. The molecule has 1 fully saturated rings. The van der Waals surface area contributed by atoms with Crippen molar-refractivity contribution >= 4 is 11.8 Å². The minimum Gasteiger partial charge on any atom is -0.481 e. The van der Waals surface area contributed by atoms with Crippen LogP contribution in [0.15, 0.2) is 17.7 Å². The largest absolute Gasteiger partial charge is 0.481 e. The Bertz CT molecular complexity index is 738. The van der Waals surface area contributed by atoms with Crippen molar-refractivity contribution < 1.29 is 27.5 Å². The molecule has 1 N–H and O–H groups in total. The molecule has 2 heterocycles. The fourth-order valence-electron chi connectivity index (χ4n) is 3.02. The van der Waals surface area contributed by atoms with Gasteiger partial charge in [-0.2, -0.15) is 18.3 Å². The van der Waals surface area contributed by atoms with Gasteiger partial charge in [0.05, 0.1) is 19.1 Å². The number of hydrogen-bond donors (Lipinski definition) is 1. The van der Waals surface area contributed by atoms with E-state index in [0.29, 0.717) is 5.88 Å². The number of carbonyl (C=O) groups is 2. The molecule has 2 amide bonds. The van der Waals surface area contributed by atoms with Gasteiger partial charge in [-0.15, -0.1) is 0 Å². The third-order valence-electron chi connectivity index (χ3n) is 4.35. The Balaban J connectivity index is 2.20. The van der Waals surface area contributed by atoms with Gasteiger partial charge in [-0.05, 0) is 20.3 Å². The minimum absolute atomic E-state index is 0.0173. The van der Waals surface area contributed by atoms with E-state index in [-0.39, 0.29) is 31.1 Å². The summed E-state index contributed by atoms with van der Waals surface area (Å²) in [5.41, 5.74) is 0.696. The molecule has 1 aromatic rings. The number of halogens is 3. The van der Waals surface area contributed by atoms with E-state index in [0.717, 1.165) is 5.57 Å². The number of amides is 2. The summed E-state index contributed by atoms with van der Waals surface area (Å²) < 4.78 is 46.5. The molecule has 0 radical (unpaired) electrons. The molecular weight excluding hydrogens is 365 g/mol. The number of piperidine rings is 1. The van der Waals surface area contributed by atoms with Crippen molar-refractivity contribution in [2.75, 3.05) is 20.2 Å². The van der Waals surface area contributed by atoms with Crippen LogP contribution in [0.2, 0.25) is 0 Å². The topological polar surface area (TPSA) is 76.5 Å². The highest BCUT2D eigenvalue weighted by Gasteiger charge is 2.48. The number of nitrogens with zero attached hydrogens (tertiary/aromatic N) is 3. The van der Waals surface area contributed by atoms with Crippen LogP contribution in [-0.4, -0.2) is 58.9 Å². The fourth-order valence-corrected chi connectivity index (χ4v) is 3.02. The Kier molecular flexibility index (Phi) is 6.17. The van der Waals surface area contributed by atoms with Crippen molar-refractivity contribution in [2.24, 2.45) is 13.0 Å². The summed E-state index contributed by atoms with van der Waals surface area (Å²) in [7, 11) is 2.95. The summed E-state index contributed by atoms with van der Waals surface area (Å²) in [5.74, 6) is -2.54. The lowest BCUT2D eigenvalue weighted by molar-refractivity contribution is -0.192. The van der Waals surface area contributed by atoms with Crippen LogP contribution in [0.25, 0.3) is 0 Å². The summed E-state index contributed by atoms with van der Waals surface area (Å²) in [5, 5.41) is 6.33. The monoisotopic (exact) mass is 388 g/mol. The summed E-state index contributed by atoms with van der Waals surface area (Å²) in [6, 6.07) is 0.0844. The van der Waals surface area contributed by atoms with Crippen LogP contribution in [0.1, 0.15) is 30.8 Å². The van der Waals surface area contributed by atoms with Crippen LogP contribution < -0.4 is 10.1 Å². The smallest absolute Gasteiger partial charge is 0.393 e. The number of aromatic nitrogens is 2. The van der Waals surface area contributed by atoms with E-state index < -0.39 is 24.0 Å². The zero-order chi connectivity index (χ0) is 20.4. The number of alkyl halides is 3. The number of likely N-dealkylation sites (tertiary alicyclic amines) is 1. The number of aryl methyl sites for hydroxylation is 1. The molecule has 10 heteroatoms. The van der Waals surface area contributed by atoms with Crippen molar-refractivity contribution in [2.45, 2.75) is 32.5 Å². The molecule has 1 aromatic heterocycles. The lowest BCUT2D eigenvalue weighted by Crippen LogP contribution is -2.57. The van der Waals surface area contributed by atoms with E-state index in [4.69, 9.17) is 4.74 Å². The first-order valence-electron chi connectivity index (χ1n) is 8.42. The van der Waals surface area contributed by atoms with Gasteiger partial charge in [-0.25, -0.2) is 4.68 Å². The molecule has 0 bridgehead atoms. The SMILES string of the molecule is COc1cc(C(=O)NC2CN(C(=O)C=C(C)C)CCC2C(F)(F)F)nn1C. The first-order chi connectivity index (χ1) is 12.5. The van der Waals surface area contributed by atoms with Crippen LogP contribution in [0, 0.1) is 5.92 Å². The number of allylic oxidation sites excluding steroid dienone is 1. The first kappa shape index (κ1) is 20.8. The Hall–Kier alpha value is -2.52. The molecule has 0 aliphatic carbocycles. The van der Waals surface area contributed by atoms with Gasteiger partial charge in [0, 0.05) is 32.3 Å². The first-order valence-corrected chi connectivity index (χ1v) is 8.42. The van der Waals surface area contributed by atoms with Crippen molar-refractivity contribution in [3.05, 3.63) is 23.4 Å². The summed E-state index contributed by atoms with van der Waals surface area (Å²) in [6.45, 7) is 3.22. The van der Waals surface area contributed by atoms with E-state index in [9.17, 15) is 22.8 Å². The molecule has 0 aromatic carbocycles. The minimum atomic E-state index is -4.48. The van der Waals surface area contributed by atoms with Gasteiger partial charge >= 0.3 is 6.18 Å². The Morgan fingerprint density at radius 2 is 2.04 bits per heavy atom. The van der Waals surface area contributed by atoms with Crippen LogP contribution in [0.5, 0.6) is 5.88 Å². The summed E-state index contributed by atoms with van der Waals surface area (Å²) >= 11 is 0. The number of rotatable bonds is 4. The third-order valence-corrected chi connectivity index (χ3v) is 4.35. The molecule has 2 unspecified atom stereocenters. The molecule has 0 spiro atoms. The standard InChI is InChI=1S/C17H23F3N4O3/c1-10(2)7-14(25)24-6-5-11(17(18,19)20)13(9-24)21-16(26)12-8-15(27-4)23(3)22-12/h7-8,11,13H,5-6,9H2,1-4H3,(H,21,26). The van der Waals surface area contributed by atoms with Gasteiger partial charge in [0.1, 0.15) is 0 Å². The summed E-state index contributed by atoms with van der Waals surface area (Å²) in [6.07, 6.45) is -3.38. The maximum absolute atomic E-state index is 13.4. The zero-order valence-corrected chi connectivity index (χ0v) is 15.6. The Morgan fingerprint density at radius 1 is 1.37 bits per heavy atom. The molecule has 27 heavy (non-hydrogen) atoms. The van der Waals surface area contributed by atoms with E-state index in [1.165, 1.54) is 28.8 Å². The number of nitrogens with one attached hydrogen (secondary N) is 1. The molecule has 1 aliphatic rings. The van der Waals surface area contributed by atoms with Crippen LogP contribution in [0.3, 0.4) is 0 Å². The quantitative estimate of drug-likeness (QED) is 0.800. The molecule has 150 valence electrons. The van der Waals surface area contributed by atoms with Gasteiger partial charge < -0.3 is 15.0 Å². The lowest BCUT2D eigenvalue weighted by atomic mass is 9.90. The van der Waals surface area contributed by atoms with Crippen molar-refractivity contribution in [1.82, 2.24) is 20.0 Å². The number of methoxy groups -OCH3 is 1. The fraction of sp³-hybridized carbons (Fsp3) is 0.588. The molecule has 1 aliphatic heterocycles. The molecule has 1 saturated heterocycles. The van der Waals surface area contributed by atoms with Crippen LogP contribution in [0.4, 0.5) is 13.2 Å². The van der Waals surface area contributed by atoms with Crippen molar-refractivity contribution in [1.29, 1.82) is 0 Å². The van der Waals surface area contributed by atoms with Gasteiger partial charge in [0.15, 0.2) is 5.69 Å². The molecule has 2 atom stereocenters. The number of hydrogen-bond acceptors (Lipinski definition) is 4. The third kappa shape index (κ3) is 5.01. The zero-order valence-electron chi connectivity index (χ0n) is 15.6. The second kappa shape index (κ2) is 8.01. The predicted molar refractivity (Wildman–Crippen MR) is 91.2 cm³/mol. The number of ether oxygens (including phenoxy) is 1. The van der Waals surface area contributed by atoms with Gasteiger partial charge in [0.25, 0.3) is 5.91 Å². The van der Waals surface area contributed by atoms with E-state index in [2.05, 4.69) is 10.4 Å². The highest BCUT2D eigenvalue weighted by molar-refractivity contribution is 5.93. The average Bonchev–Trinajstić information content (AvgIpc) is 2.94. The van der Waals surface area contributed by atoms with Crippen molar-refractivity contribution in [3.63, 3.8) is 0 Å². The van der Waals surface area contributed by atoms with Gasteiger partial charge in [-0.1, -0.05) is 5.57 Å². The van der Waals surface area contributed by atoms with E-state index in [1.807, 2.05) is 0 Å². The van der Waals surface area contributed by atoms with Gasteiger partial charge in [0.2, 0.25) is 11.8 Å². The van der Waals surface area contributed by atoms with Crippen LogP contribution in [-0.2, 0) is 11.8 Å². The molecular formula is C17H23F3N4O3. The van der Waals surface area contributed by atoms with Crippen LogP contribution >= 0.6 is 0 Å². The average molecular weight is 388 g/mol. The maximum Gasteiger partial charge on any atom is 0.393 e. The second-order valence-corrected chi connectivity index (χ2v) is 6.72. The Labute approximate surface area is 155 Å². The Morgan fingerprint density at radius 3 is 2.56 bits per heavy atom. The lowest BCUT2D eigenvalue weighted by Gasteiger charge is -2.39. The normalized spacial score (nSPS) is 20.2. The summed E-state index contributed by atoms with van der Waals surface area (Å²) in [4.78, 5) is 25.9. The van der Waals surface area contributed by atoms with Gasteiger partial charge in [-0.3, -0.25) is 9.59 Å². The van der Waals surface area contributed by atoms with Crippen molar-refractivity contribution in [3.8, 4) is 5.88 Å². The molecule has 2 rings (SSSR count). The van der Waals surface area contributed by atoms with E-state index in [1.54, 1.807) is 20.9 Å². The number of carbonyl (C=O) groups excluding carboxylic acids is 2. The maximum atomic E-state index is 13.4. The van der Waals surface area contributed by atoms with E-state index >= 15 is 0 Å².